The van der Waals surface area contributed by atoms with E-state index in [1.165, 1.54) is 7.11 Å². The second-order valence-electron chi connectivity index (χ2n) is 5.85. The van der Waals surface area contributed by atoms with Gasteiger partial charge in [0.25, 0.3) is 5.91 Å². The van der Waals surface area contributed by atoms with Crippen molar-refractivity contribution < 1.29 is 9.53 Å². The first-order chi connectivity index (χ1) is 11.5. The Labute approximate surface area is 170 Å². The number of nitrogens with two attached hydrogens (primary N) is 1. The smallest absolute Gasteiger partial charge is 0.258 e. The fraction of sp³-hybridized carbons (Fsp3) is 0.278. The zero-order chi connectivity index (χ0) is 17.3. The van der Waals surface area contributed by atoms with E-state index in [0.29, 0.717) is 35.1 Å². The molecule has 8 heteroatoms. The maximum absolute atomic E-state index is 13.0. The Morgan fingerprint density at radius 1 is 1.19 bits per heavy atom. The lowest BCUT2D eigenvalue weighted by molar-refractivity contribution is 0.0748. The second kappa shape index (κ2) is 9.21. The Balaban J connectivity index is 0.00000169. The number of fused-ring (bicyclic) bond motifs is 1. The molecule has 26 heavy (non-hydrogen) atoms. The number of nitrogen functional groups attached to an aromatic ring is 1. The number of nitrogens with zero attached hydrogens (tertiary/aromatic N) is 2. The molecule has 0 fully saturated rings. The quantitative estimate of drug-likeness (QED) is 0.752. The predicted molar refractivity (Wildman–Crippen MR) is 111 cm³/mol. The van der Waals surface area contributed by atoms with Crippen LogP contribution in [0.25, 0.3) is 0 Å². The van der Waals surface area contributed by atoms with Gasteiger partial charge in [-0.15, -0.1) is 24.8 Å². The van der Waals surface area contributed by atoms with Gasteiger partial charge in [0.1, 0.15) is 5.75 Å². The molecule has 0 aliphatic carbocycles. The van der Waals surface area contributed by atoms with Crippen LogP contribution in [0.5, 0.6) is 5.75 Å². The zero-order valence-corrected chi connectivity index (χ0v) is 17.0. The van der Waals surface area contributed by atoms with Gasteiger partial charge in [0.2, 0.25) is 0 Å². The Bertz CT molecular complexity index is 786. The average molecular weight is 419 g/mol. The molecule has 142 valence electrons. The molecule has 2 aromatic rings. The van der Waals surface area contributed by atoms with E-state index in [2.05, 4.69) is 11.0 Å². The number of para-hydroxylation sites is 1. The number of rotatable bonds is 2. The van der Waals surface area contributed by atoms with Gasteiger partial charge >= 0.3 is 0 Å². The largest absolute Gasteiger partial charge is 0.496 e. The number of benzene rings is 2. The van der Waals surface area contributed by atoms with E-state index < -0.39 is 0 Å². The number of hydrogen-bond donors (Lipinski definition) is 1. The van der Waals surface area contributed by atoms with Crippen LogP contribution in [0.3, 0.4) is 0 Å². The number of halogens is 3. The molecule has 0 spiro atoms. The molecule has 0 bridgehead atoms. The summed E-state index contributed by atoms with van der Waals surface area (Å²) in [6.45, 7) is 1.92. The van der Waals surface area contributed by atoms with Gasteiger partial charge < -0.3 is 20.3 Å². The van der Waals surface area contributed by atoms with E-state index >= 15 is 0 Å². The standard InChI is InChI=1S/C18H20ClN3O2.2ClH/c1-21-7-8-22(11-12-5-3-4-6-16(12)21)18(23)13-9-14(19)15(20)10-17(13)24-2;;/h3-6,9-10H,7-8,11,20H2,1-2H3;2*1H. The third-order valence-electron chi connectivity index (χ3n) is 4.31. The van der Waals surface area contributed by atoms with E-state index in [0.717, 1.165) is 17.8 Å². The van der Waals surface area contributed by atoms with Crippen molar-refractivity contribution >= 4 is 53.7 Å². The Morgan fingerprint density at radius 2 is 1.88 bits per heavy atom. The maximum atomic E-state index is 13.0. The van der Waals surface area contributed by atoms with Crippen LogP contribution >= 0.6 is 36.4 Å². The molecule has 0 radical (unpaired) electrons. The summed E-state index contributed by atoms with van der Waals surface area (Å²) in [4.78, 5) is 17.0. The summed E-state index contributed by atoms with van der Waals surface area (Å²) >= 11 is 6.10. The Morgan fingerprint density at radius 3 is 2.58 bits per heavy atom. The van der Waals surface area contributed by atoms with Crippen molar-refractivity contribution in [3.63, 3.8) is 0 Å². The van der Waals surface area contributed by atoms with Crippen LogP contribution in [0.15, 0.2) is 36.4 Å². The minimum absolute atomic E-state index is 0. The summed E-state index contributed by atoms with van der Waals surface area (Å²) < 4.78 is 5.32. The number of methoxy groups -OCH3 is 1. The molecule has 0 saturated carbocycles. The summed E-state index contributed by atoms with van der Waals surface area (Å²) in [5, 5.41) is 0.353. The minimum atomic E-state index is -0.112. The first-order valence-corrected chi connectivity index (χ1v) is 8.10. The number of carbonyl (C=O) groups excluding carboxylic acids is 1. The highest BCUT2D eigenvalue weighted by molar-refractivity contribution is 6.33. The first-order valence-electron chi connectivity index (χ1n) is 7.72. The lowest BCUT2D eigenvalue weighted by Gasteiger charge is -2.22. The normalized spacial score (nSPS) is 13.0. The summed E-state index contributed by atoms with van der Waals surface area (Å²) in [6, 6.07) is 11.3. The summed E-state index contributed by atoms with van der Waals surface area (Å²) in [5.74, 6) is 0.326. The molecule has 0 unspecified atom stereocenters. The van der Waals surface area contributed by atoms with Gasteiger partial charge in [-0.3, -0.25) is 4.79 Å². The van der Waals surface area contributed by atoms with Gasteiger partial charge in [0.05, 0.1) is 23.4 Å². The third kappa shape index (κ3) is 4.29. The molecule has 1 heterocycles. The van der Waals surface area contributed by atoms with Crippen LogP contribution in [0.1, 0.15) is 15.9 Å². The van der Waals surface area contributed by atoms with Crippen LogP contribution in [0.4, 0.5) is 11.4 Å². The van der Waals surface area contributed by atoms with Gasteiger partial charge in [0, 0.05) is 38.4 Å². The highest BCUT2D eigenvalue weighted by atomic mass is 35.5. The molecule has 1 aliphatic rings. The second-order valence-corrected chi connectivity index (χ2v) is 6.26. The van der Waals surface area contributed by atoms with E-state index in [-0.39, 0.29) is 30.7 Å². The van der Waals surface area contributed by atoms with Gasteiger partial charge in [0.15, 0.2) is 0 Å². The molecule has 0 saturated heterocycles. The lowest BCUT2D eigenvalue weighted by atomic mass is 10.1. The predicted octanol–water partition coefficient (Wildman–Crippen LogP) is 3.87. The molecule has 0 atom stereocenters. The molecule has 2 aromatic carbocycles. The van der Waals surface area contributed by atoms with Crippen molar-refractivity contribution in [3.8, 4) is 5.75 Å². The summed E-state index contributed by atoms with van der Waals surface area (Å²) in [7, 11) is 3.55. The number of amides is 1. The van der Waals surface area contributed by atoms with E-state index in [4.69, 9.17) is 22.1 Å². The molecule has 1 aliphatic heterocycles. The zero-order valence-electron chi connectivity index (χ0n) is 14.6. The molecule has 3 rings (SSSR count). The molecule has 1 amide bonds. The van der Waals surface area contributed by atoms with E-state index in [9.17, 15) is 4.79 Å². The van der Waals surface area contributed by atoms with Crippen molar-refractivity contribution in [2.24, 2.45) is 0 Å². The lowest BCUT2D eigenvalue weighted by Crippen LogP contribution is -2.34. The van der Waals surface area contributed by atoms with Gasteiger partial charge in [-0.05, 0) is 17.7 Å². The van der Waals surface area contributed by atoms with Crippen molar-refractivity contribution in [3.05, 3.63) is 52.5 Å². The fourth-order valence-corrected chi connectivity index (χ4v) is 3.11. The number of hydrogen-bond acceptors (Lipinski definition) is 4. The number of likely N-dealkylation sites (N-methyl/N-ethyl adjacent to an activating group) is 1. The molecule has 2 N–H and O–H groups in total. The minimum Gasteiger partial charge on any atom is -0.496 e. The first kappa shape index (κ1) is 22.2. The molecular weight excluding hydrogens is 397 g/mol. The van der Waals surface area contributed by atoms with Gasteiger partial charge in [-0.1, -0.05) is 29.8 Å². The van der Waals surface area contributed by atoms with E-state index in [1.807, 2.05) is 30.1 Å². The molecular formula is C18H22Cl3N3O2. The van der Waals surface area contributed by atoms with Crippen LogP contribution < -0.4 is 15.4 Å². The van der Waals surface area contributed by atoms with Gasteiger partial charge in [-0.25, -0.2) is 0 Å². The Hall–Kier alpha value is -1.82. The highest BCUT2D eigenvalue weighted by Crippen LogP contribution is 2.31. The van der Waals surface area contributed by atoms with Crippen molar-refractivity contribution in [1.29, 1.82) is 0 Å². The molecule has 5 nitrogen and oxygen atoms in total. The summed E-state index contributed by atoms with van der Waals surface area (Å²) in [6.07, 6.45) is 0. The van der Waals surface area contributed by atoms with Crippen LogP contribution in [-0.2, 0) is 6.54 Å². The average Bonchev–Trinajstić information content (AvgIpc) is 2.76. The molecule has 0 aromatic heterocycles. The van der Waals surface area contributed by atoms with E-state index in [1.54, 1.807) is 12.1 Å². The van der Waals surface area contributed by atoms with Crippen LogP contribution in [0.2, 0.25) is 5.02 Å². The number of ether oxygens (including phenoxy) is 1. The number of carbonyl (C=O) groups is 1. The highest BCUT2D eigenvalue weighted by Gasteiger charge is 2.25. The van der Waals surface area contributed by atoms with Crippen LogP contribution in [0, 0.1) is 0 Å². The topological polar surface area (TPSA) is 58.8 Å². The summed E-state index contributed by atoms with van der Waals surface area (Å²) in [5.41, 5.74) is 8.90. The monoisotopic (exact) mass is 417 g/mol. The van der Waals surface area contributed by atoms with Crippen molar-refractivity contribution in [1.82, 2.24) is 4.90 Å². The third-order valence-corrected chi connectivity index (χ3v) is 4.63. The Kier molecular flexibility index (Phi) is 7.87. The fourth-order valence-electron chi connectivity index (χ4n) is 2.94. The van der Waals surface area contributed by atoms with Crippen molar-refractivity contribution in [2.45, 2.75) is 6.54 Å². The van der Waals surface area contributed by atoms with Crippen molar-refractivity contribution in [2.75, 3.05) is 37.9 Å². The van der Waals surface area contributed by atoms with Gasteiger partial charge in [-0.2, -0.15) is 0 Å². The maximum Gasteiger partial charge on any atom is 0.258 e. The van der Waals surface area contributed by atoms with Crippen LogP contribution in [-0.4, -0.2) is 38.1 Å². The SMILES string of the molecule is COc1cc(N)c(Cl)cc1C(=O)N1CCN(C)c2ccccc2C1.Cl.Cl. The number of anilines is 2.